The Kier molecular flexibility index (Phi) is 2.21. The Bertz CT molecular complexity index is 551. The van der Waals surface area contributed by atoms with Crippen LogP contribution in [0.5, 0.6) is 6.01 Å². The zero-order chi connectivity index (χ0) is 11.1. The average molecular weight is 239 g/mol. The number of halogens is 1. The molecule has 1 aliphatic rings. The predicted molar refractivity (Wildman–Crippen MR) is 59.0 cm³/mol. The summed E-state index contributed by atoms with van der Waals surface area (Å²) in [6.07, 6.45) is 3.05. The molecule has 84 valence electrons. The number of hydrogen-bond donors (Lipinski definition) is 0. The van der Waals surface area contributed by atoms with Gasteiger partial charge in [-0.05, 0) is 26.2 Å². The summed E-state index contributed by atoms with van der Waals surface area (Å²) in [6.45, 7) is 2.43. The molecule has 16 heavy (non-hydrogen) atoms. The van der Waals surface area contributed by atoms with Crippen LogP contribution in [0.3, 0.4) is 0 Å². The maximum Gasteiger partial charge on any atom is 0.337 e. The van der Waals surface area contributed by atoms with Gasteiger partial charge in [0, 0.05) is 5.56 Å². The van der Waals surface area contributed by atoms with E-state index < -0.39 is 0 Å². The van der Waals surface area contributed by atoms with Crippen LogP contribution in [-0.2, 0) is 12.8 Å². The summed E-state index contributed by atoms with van der Waals surface area (Å²) in [7, 11) is 0. The second-order valence-electron chi connectivity index (χ2n) is 3.72. The second-order valence-corrected chi connectivity index (χ2v) is 4.08. The van der Waals surface area contributed by atoms with Crippen molar-refractivity contribution in [2.24, 2.45) is 0 Å². The van der Waals surface area contributed by atoms with E-state index in [-0.39, 0.29) is 0 Å². The van der Waals surface area contributed by atoms with Crippen LogP contribution in [-0.4, -0.2) is 26.2 Å². The van der Waals surface area contributed by atoms with Gasteiger partial charge in [0.25, 0.3) is 5.78 Å². The van der Waals surface area contributed by atoms with E-state index in [1.807, 2.05) is 6.92 Å². The molecule has 0 amide bonds. The monoisotopic (exact) mass is 238 g/mol. The van der Waals surface area contributed by atoms with Gasteiger partial charge in [-0.15, -0.1) is 5.10 Å². The van der Waals surface area contributed by atoms with Gasteiger partial charge >= 0.3 is 6.01 Å². The van der Waals surface area contributed by atoms with Crippen LogP contribution < -0.4 is 4.74 Å². The van der Waals surface area contributed by atoms with Crippen LogP contribution in [0, 0.1) is 0 Å². The highest BCUT2D eigenvalue weighted by atomic mass is 35.5. The number of hydrogen-bond acceptors (Lipinski definition) is 4. The standard InChI is InChI=1S/C10H11ClN4O/c1-2-16-10-13-9-12-7-5-3-4-6(7)8(11)15(9)14-10/h2-5H2,1H3. The zero-order valence-electron chi connectivity index (χ0n) is 8.90. The molecular weight excluding hydrogens is 228 g/mol. The molecule has 6 heteroatoms. The molecule has 2 aromatic rings. The van der Waals surface area contributed by atoms with E-state index in [0.717, 1.165) is 30.5 Å². The van der Waals surface area contributed by atoms with Gasteiger partial charge in [-0.2, -0.15) is 9.50 Å². The first kappa shape index (κ1) is 9.84. The van der Waals surface area contributed by atoms with Crippen LogP contribution >= 0.6 is 11.6 Å². The van der Waals surface area contributed by atoms with Gasteiger partial charge in [0.05, 0.1) is 12.3 Å². The molecule has 0 radical (unpaired) electrons. The largest absolute Gasteiger partial charge is 0.463 e. The molecule has 1 aliphatic carbocycles. The zero-order valence-corrected chi connectivity index (χ0v) is 9.66. The first-order valence-electron chi connectivity index (χ1n) is 5.36. The summed E-state index contributed by atoms with van der Waals surface area (Å²) in [4.78, 5) is 8.62. The van der Waals surface area contributed by atoms with E-state index in [1.54, 1.807) is 4.52 Å². The summed E-state index contributed by atoms with van der Waals surface area (Å²) in [5.41, 5.74) is 2.15. The van der Waals surface area contributed by atoms with Crippen molar-refractivity contribution < 1.29 is 4.74 Å². The lowest BCUT2D eigenvalue weighted by Gasteiger charge is -2.01. The van der Waals surface area contributed by atoms with Crippen molar-refractivity contribution >= 4 is 17.4 Å². The van der Waals surface area contributed by atoms with Gasteiger partial charge in [0.2, 0.25) is 0 Å². The van der Waals surface area contributed by atoms with Crippen LogP contribution in [0.15, 0.2) is 0 Å². The maximum absolute atomic E-state index is 6.27. The Labute approximate surface area is 97.4 Å². The van der Waals surface area contributed by atoms with Crippen molar-refractivity contribution in [1.29, 1.82) is 0 Å². The predicted octanol–water partition coefficient (Wildman–Crippen LogP) is 1.67. The van der Waals surface area contributed by atoms with Gasteiger partial charge in [-0.25, -0.2) is 4.98 Å². The Morgan fingerprint density at radius 3 is 3.06 bits per heavy atom. The fourth-order valence-corrected chi connectivity index (χ4v) is 2.32. The van der Waals surface area contributed by atoms with Gasteiger partial charge in [-0.3, -0.25) is 0 Å². The Morgan fingerprint density at radius 2 is 2.25 bits per heavy atom. The van der Waals surface area contributed by atoms with Crippen molar-refractivity contribution in [3.63, 3.8) is 0 Å². The molecule has 0 saturated heterocycles. The van der Waals surface area contributed by atoms with Gasteiger partial charge in [0.15, 0.2) is 0 Å². The Balaban J connectivity index is 2.20. The minimum absolute atomic E-state index is 0.334. The third-order valence-electron chi connectivity index (χ3n) is 2.70. The molecular formula is C10H11ClN4O. The highest BCUT2D eigenvalue weighted by molar-refractivity contribution is 6.30. The quantitative estimate of drug-likeness (QED) is 0.747. The van der Waals surface area contributed by atoms with Crippen molar-refractivity contribution in [2.75, 3.05) is 6.61 Å². The second kappa shape index (κ2) is 3.59. The first-order chi connectivity index (χ1) is 7.79. The number of aromatic nitrogens is 4. The van der Waals surface area contributed by atoms with Crippen molar-refractivity contribution in [2.45, 2.75) is 26.2 Å². The van der Waals surface area contributed by atoms with Gasteiger partial charge in [0.1, 0.15) is 5.15 Å². The fraction of sp³-hybridized carbons (Fsp3) is 0.500. The maximum atomic E-state index is 6.27. The molecule has 0 N–H and O–H groups in total. The summed E-state index contributed by atoms with van der Waals surface area (Å²) in [5.74, 6) is 0.522. The third kappa shape index (κ3) is 1.35. The smallest absolute Gasteiger partial charge is 0.337 e. The molecule has 0 saturated carbocycles. The highest BCUT2D eigenvalue weighted by Crippen LogP contribution is 2.28. The number of nitrogens with zero attached hydrogens (tertiary/aromatic N) is 4. The van der Waals surface area contributed by atoms with Gasteiger partial charge in [-0.1, -0.05) is 11.6 Å². The summed E-state index contributed by atoms with van der Waals surface area (Å²) < 4.78 is 6.79. The molecule has 0 atom stereocenters. The molecule has 0 aromatic carbocycles. The minimum atomic E-state index is 0.334. The lowest BCUT2D eigenvalue weighted by atomic mass is 10.3. The fourth-order valence-electron chi connectivity index (χ4n) is 2.00. The molecule has 0 aliphatic heterocycles. The molecule has 2 aromatic heterocycles. The molecule has 5 nitrogen and oxygen atoms in total. The number of fused-ring (bicyclic) bond motifs is 2. The third-order valence-corrected chi connectivity index (χ3v) is 3.09. The minimum Gasteiger partial charge on any atom is -0.463 e. The summed E-state index contributed by atoms with van der Waals surface area (Å²) in [5, 5.41) is 4.79. The van der Waals surface area contributed by atoms with E-state index >= 15 is 0 Å². The van der Waals surface area contributed by atoms with E-state index in [0.29, 0.717) is 23.5 Å². The van der Waals surface area contributed by atoms with Gasteiger partial charge < -0.3 is 4.74 Å². The van der Waals surface area contributed by atoms with Crippen molar-refractivity contribution in [1.82, 2.24) is 19.6 Å². The molecule has 3 rings (SSSR count). The first-order valence-corrected chi connectivity index (χ1v) is 5.74. The van der Waals surface area contributed by atoms with Crippen LogP contribution in [0.2, 0.25) is 5.15 Å². The Morgan fingerprint density at radius 1 is 1.38 bits per heavy atom. The Hall–Kier alpha value is -1.36. The van der Waals surface area contributed by atoms with E-state index in [9.17, 15) is 0 Å². The molecule has 0 bridgehead atoms. The van der Waals surface area contributed by atoms with E-state index in [1.165, 1.54) is 0 Å². The molecule has 2 heterocycles. The highest BCUT2D eigenvalue weighted by Gasteiger charge is 2.20. The molecule has 0 unspecified atom stereocenters. The number of aryl methyl sites for hydroxylation is 1. The average Bonchev–Trinajstić information content (AvgIpc) is 2.85. The normalized spacial score (nSPS) is 14.4. The summed E-state index contributed by atoms with van der Waals surface area (Å²) in [6, 6.07) is 0.334. The number of rotatable bonds is 2. The van der Waals surface area contributed by atoms with Crippen molar-refractivity contribution in [3.05, 3.63) is 16.4 Å². The van der Waals surface area contributed by atoms with Crippen molar-refractivity contribution in [3.8, 4) is 6.01 Å². The van der Waals surface area contributed by atoms with Crippen LogP contribution in [0.1, 0.15) is 24.6 Å². The molecule has 0 spiro atoms. The SMILES string of the molecule is CCOc1nc2nc3c(c(Cl)n2n1)CCC3. The van der Waals surface area contributed by atoms with Crippen LogP contribution in [0.4, 0.5) is 0 Å². The summed E-state index contributed by atoms with van der Waals surface area (Å²) >= 11 is 6.27. The van der Waals surface area contributed by atoms with E-state index in [4.69, 9.17) is 16.3 Å². The van der Waals surface area contributed by atoms with Crippen LogP contribution in [0.25, 0.3) is 5.78 Å². The van der Waals surface area contributed by atoms with E-state index in [2.05, 4.69) is 15.1 Å². The lowest BCUT2D eigenvalue weighted by molar-refractivity contribution is 0.313. The molecule has 0 fully saturated rings. The number of ether oxygens (including phenoxy) is 1. The lowest BCUT2D eigenvalue weighted by Crippen LogP contribution is -1.99. The topological polar surface area (TPSA) is 52.3 Å².